The van der Waals surface area contributed by atoms with Crippen LogP contribution in [0, 0.1) is 6.92 Å². The first-order valence-electron chi connectivity index (χ1n) is 6.34. The summed E-state index contributed by atoms with van der Waals surface area (Å²) in [5, 5.41) is 8.97. The summed E-state index contributed by atoms with van der Waals surface area (Å²) in [6.45, 7) is 5.37. The van der Waals surface area contributed by atoms with E-state index in [4.69, 9.17) is 5.11 Å². The fraction of sp³-hybridized carbons (Fsp3) is 0.571. The molecule has 1 aliphatic rings. The molecule has 1 aliphatic heterocycles. The number of rotatable bonds is 4. The number of para-hydroxylation sites is 1. The van der Waals surface area contributed by atoms with Crippen LogP contribution in [0.1, 0.15) is 12.0 Å². The Balaban J connectivity index is 2.00. The fourth-order valence-corrected chi connectivity index (χ4v) is 2.58. The Morgan fingerprint density at radius 1 is 1.41 bits per heavy atom. The number of likely N-dealkylation sites (N-methyl/N-ethyl adjacent to an activating group) is 1. The van der Waals surface area contributed by atoms with Crippen LogP contribution < -0.4 is 4.90 Å². The van der Waals surface area contributed by atoms with Gasteiger partial charge < -0.3 is 10.0 Å². The maximum atomic E-state index is 8.97. The van der Waals surface area contributed by atoms with Gasteiger partial charge in [0.1, 0.15) is 0 Å². The van der Waals surface area contributed by atoms with E-state index in [0.717, 1.165) is 19.6 Å². The van der Waals surface area contributed by atoms with Gasteiger partial charge in [0.05, 0.1) is 6.61 Å². The lowest BCUT2D eigenvalue weighted by molar-refractivity contribution is 0.188. The molecular formula is C14H22N2O. The number of aryl methyl sites for hydroxylation is 1. The highest BCUT2D eigenvalue weighted by Gasteiger charge is 2.25. The molecule has 0 bridgehead atoms. The van der Waals surface area contributed by atoms with Gasteiger partial charge in [-0.1, -0.05) is 18.2 Å². The number of anilines is 1. The van der Waals surface area contributed by atoms with Crippen molar-refractivity contribution < 1.29 is 5.11 Å². The van der Waals surface area contributed by atoms with Crippen molar-refractivity contribution in [3.05, 3.63) is 29.8 Å². The smallest absolute Gasteiger partial charge is 0.0558 e. The normalized spacial score (nSPS) is 20.2. The zero-order chi connectivity index (χ0) is 12.3. The van der Waals surface area contributed by atoms with Gasteiger partial charge in [0.25, 0.3) is 0 Å². The SMILES string of the molecule is Cc1ccccc1N1CCC(N(C)CCO)C1. The average molecular weight is 234 g/mol. The van der Waals surface area contributed by atoms with Gasteiger partial charge in [-0.15, -0.1) is 0 Å². The molecule has 0 aliphatic carbocycles. The van der Waals surface area contributed by atoms with E-state index in [1.165, 1.54) is 17.7 Å². The summed E-state index contributed by atoms with van der Waals surface area (Å²) in [6.07, 6.45) is 1.19. The minimum atomic E-state index is 0.247. The van der Waals surface area contributed by atoms with Crippen LogP contribution in [-0.4, -0.2) is 49.3 Å². The van der Waals surface area contributed by atoms with Crippen molar-refractivity contribution in [2.24, 2.45) is 0 Å². The highest BCUT2D eigenvalue weighted by Crippen LogP contribution is 2.25. The van der Waals surface area contributed by atoms with Crippen molar-refractivity contribution in [1.82, 2.24) is 4.90 Å². The molecule has 2 rings (SSSR count). The third kappa shape index (κ3) is 2.79. The molecule has 1 fully saturated rings. The summed E-state index contributed by atoms with van der Waals surface area (Å²) in [5.74, 6) is 0. The number of hydrogen-bond donors (Lipinski definition) is 1. The summed E-state index contributed by atoms with van der Waals surface area (Å²) >= 11 is 0. The summed E-state index contributed by atoms with van der Waals surface area (Å²) in [4.78, 5) is 4.71. The van der Waals surface area contributed by atoms with Crippen LogP contribution in [0.3, 0.4) is 0 Å². The molecule has 0 spiro atoms. The second-order valence-electron chi connectivity index (χ2n) is 4.88. The third-order valence-corrected chi connectivity index (χ3v) is 3.70. The Morgan fingerprint density at radius 3 is 2.88 bits per heavy atom. The second-order valence-corrected chi connectivity index (χ2v) is 4.88. The third-order valence-electron chi connectivity index (χ3n) is 3.70. The topological polar surface area (TPSA) is 26.7 Å². The number of benzene rings is 1. The summed E-state index contributed by atoms with van der Waals surface area (Å²) < 4.78 is 0. The standard InChI is InChI=1S/C14H22N2O/c1-12-5-3-4-6-14(12)16-8-7-13(11-16)15(2)9-10-17/h3-6,13,17H,7-11H2,1-2H3. The van der Waals surface area contributed by atoms with Crippen molar-refractivity contribution in [1.29, 1.82) is 0 Å². The Bertz CT molecular complexity index is 367. The van der Waals surface area contributed by atoms with Gasteiger partial charge in [-0.2, -0.15) is 0 Å². The zero-order valence-electron chi connectivity index (χ0n) is 10.8. The van der Waals surface area contributed by atoms with Crippen molar-refractivity contribution in [3.8, 4) is 0 Å². The number of aliphatic hydroxyl groups is 1. The summed E-state index contributed by atoms with van der Waals surface area (Å²) in [5.41, 5.74) is 2.70. The van der Waals surface area contributed by atoms with Crippen LogP contribution in [0.5, 0.6) is 0 Å². The summed E-state index contributed by atoms with van der Waals surface area (Å²) in [7, 11) is 2.10. The highest BCUT2D eigenvalue weighted by molar-refractivity contribution is 5.53. The fourth-order valence-electron chi connectivity index (χ4n) is 2.58. The second kappa shape index (κ2) is 5.52. The first-order valence-corrected chi connectivity index (χ1v) is 6.34. The van der Waals surface area contributed by atoms with Crippen LogP contribution in [0.4, 0.5) is 5.69 Å². The zero-order valence-corrected chi connectivity index (χ0v) is 10.8. The molecule has 0 aromatic heterocycles. The van der Waals surface area contributed by atoms with Crippen LogP contribution in [0.25, 0.3) is 0 Å². The first-order chi connectivity index (χ1) is 8.22. The molecule has 0 amide bonds. The Labute approximate surface area is 104 Å². The number of nitrogens with zero attached hydrogens (tertiary/aromatic N) is 2. The largest absolute Gasteiger partial charge is 0.395 e. The summed E-state index contributed by atoms with van der Waals surface area (Å²) in [6, 6.07) is 9.13. The van der Waals surface area contributed by atoms with E-state index in [-0.39, 0.29) is 6.61 Å². The number of hydrogen-bond acceptors (Lipinski definition) is 3. The van der Waals surface area contributed by atoms with Gasteiger partial charge in [0, 0.05) is 31.4 Å². The Kier molecular flexibility index (Phi) is 4.02. The number of aliphatic hydroxyl groups excluding tert-OH is 1. The Morgan fingerprint density at radius 2 is 2.18 bits per heavy atom. The maximum absolute atomic E-state index is 8.97. The van der Waals surface area contributed by atoms with Gasteiger partial charge in [0.15, 0.2) is 0 Å². The predicted octanol–water partition coefficient (Wildman–Crippen LogP) is 1.50. The minimum absolute atomic E-state index is 0.247. The van der Waals surface area contributed by atoms with E-state index in [1.807, 2.05) is 0 Å². The van der Waals surface area contributed by atoms with Gasteiger partial charge in [-0.05, 0) is 32.0 Å². The van der Waals surface area contributed by atoms with Crippen LogP contribution in [0.15, 0.2) is 24.3 Å². The molecule has 3 nitrogen and oxygen atoms in total. The van der Waals surface area contributed by atoms with E-state index in [9.17, 15) is 0 Å². The van der Waals surface area contributed by atoms with E-state index in [2.05, 4.69) is 48.0 Å². The van der Waals surface area contributed by atoms with Crippen LogP contribution >= 0.6 is 0 Å². The molecule has 17 heavy (non-hydrogen) atoms. The van der Waals surface area contributed by atoms with Crippen LogP contribution in [-0.2, 0) is 0 Å². The highest BCUT2D eigenvalue weighted by atomic mass is 16.3. The Hall–Kier alpha value is -1.06. The minimum Gasteiger partial charge on any atom is -0.395 e. The van der Waals surface area contributed by atoms with Gasteiger partial charge in [-0.25, -0.2) is 0 Å². The molecular weight excluding hydrogens is 212 g/mol. The molecule has 1 atom stereocenters. The average Bonchev–Trinajstić information content (AvgIpc) is 2.79. The van der Waals surface area contributed by atoms with Gasteiger partial charge in [0.2, 0.25) is 0 Å². The van der Waals surface area contributed by atoms with Crippen LogP contribution in [0.2, 0.25) is 0 Å². The first kappa shape index (κ1) is 12.4. The van der Waals surface area contributed by atoms with E-state index < -0.39 is 0 Å². The maximum Gasteiger partial charge on any atom is 0.0558 e. The molecule has 1 aromatic carbocycles. The molecule has 1 saturated heterocycles. The predicted molar refractivity (Wildman–Crippen MR) is 71.5 cm³/mol. The molecule has 1 N–H and O–H groups in total. The molecule has 0 radical (unpaired) electrons. The molecule has 0 saturated carbocycles. The van der Waals surface area contributed by atoms with Crippen molar-refractivity contribution in [2.45, 2.75) is 19.4 Å². The lowest BCUT2D eigenvalue weighted by atomic mass is 10.2. The van der Waals surface area contributed by atoms with E-state index >= 15 is 0 Å². The van der Waals surface area contributed by atoms with Gasteiger partial charge >= 0.3 is 0 Å². The molecule has 3 heteroatoms. The molecule has 1 unspecified atom stereocenters. The van der Waals surface area contributed by atoms with E-state index in [0.29, 0.717) is 6.04 Å². The molecule has 94 valence electrons. The van der Waals surface area contributed by atoms with Gasteiger partial charge in [-0.3, -0.25) is 4.90 Å². The van der Waals surface area contributed by atoms with Crippen molar-refractivity contribution in [2.75, 3.05) is 38.2 Å². The monoisotopic (exact) mass is 234 g/mol. The van der Waals surface area contributed by atoms with Crippen molar-refractivity contribution in [3.63, 3.8) is 0 Å². The quantitative estimate of drug-likeness (QED) is 0.855. The van der Waals surface area contributed by atoms with Crippen molar-refractivity contribution >= 4 is 5.69 Å². The molecule has 1 heterocycles. The lowest BCUT2D eigenvalue weighted by Crippen LogP contribution is -2.36. The van der Waals surface area contributed by atoms with E-state index in [1.54, 1.807) is 0 Å². The lowest BCUT2D eigenvalue weighted by Gasteiger charge is -2.25. The molecule has 1 aromatic rings.